The first-order valence-corrected chi connectivity index (χ1v) is 8.08. The van der Waals surface area contributed by atoms with E-state index in [4.69, 9.17) is 0 Å². The Bertz CT molecular complexity index is 249. The maximum absolute atomic E-state index is 3.71. The Kier molecular flexibility index (Phi) is 4.43. The minimum absolute atomic E-state index is 0.435. The fraction of sp³-hybridized carbons (Fsp3) is 1.00. The topological polar surface area (TPSA) is 15.3 Å². The fourth-order valence-electron chi connectivity index (χ4n) is 2.70. The lowest BCUT2D eigenvalue weighted by Gasteiger charge is -2.43. The van der Waals surface area contributed by atoms with Gasteiger partial charge in [0.1, 0.15) is 0 Å². The van der Waals surface area contributed by atoms with Gasteiger partial charge in [0.05, 0.1) is 0 Å². The first kappa shape index (κ1) is 13.7. The second-order valence-electron chi connectivity index (χ2n) is 6.57. The summed E-state index contributed by atoms with van der Waals surface area (Å²) in [5.41, 5.74) is 0. The van der Waals surface area contributed by atoms with E-state index in [9.17, 15) is 0 Å². The van der Waals surface area contributed by atoms with Crippen molar-refractivity contribution in [3.8, 4) is 0 Å². The van der Waals surface area contributed by atoms with Crippen molar-refractivity contribution in [1.29, 1.82) is 0 Å². The van der Waals surface area contributed by atoms with Crippen molar-refractivity contribution in [1.82, 2.24) is 10.2 Å². The quantitative estimate of drug-likeness (QED) is 0.814. The first-order chi connectivity index (χ1) is 7.98. The molecule has 17 heavy (non-hydrogen) atoms. The molecular weight excluding hydrogens is 228 g/mol. The molecule has 1 heterocycles. The minimum Gasteiger partial charge on any atom is -0.312 e. The van der Waals surface area contributed by atoms with Gasteiger partial charge in [-0.05, 0) is 32.6 Å². The molecule has 1 unspecified atom stereocenters. The van der Waals surface area contributed by atoms with E-state index < -0.39 is 0 Å². The molecule has 0 amide bonds. The molecule has 2 nitrogen and oxygen atoms in total. The van der Waals surface area contributed by atoms with Gasteiger partial charge in [0.25, 0.3) is 0 Å². The van der Waals surface area contributed by atoms with Crippen molar-refractivity contribution >= 4 is 11.8 Å². The molecule has 100 valence electrons. The van der Waals surface area contributed by atoms with Gasteiger partial charge in [-0.1, -0.05) is 13.8 Å². The maximum Gasteiger partial charge on any atom is 0.0244 e. The lowest BCUT2D eigenvalue weighted by molar-refractivity contribution is 0.144. The number of rotatable bonds is 5. The van der Waals surface area contributed by atoms with E-state index in [0.29, 0.717) is 4.75 Å². The molecular formula is C14H28N2S. The zero-order chi connectivity index (χ0) is 12.5. The molecule has 0 bridgehead atoms. The van der Waals surface area contributed by atoms with Gasteiger partial charge >= 0.3 is 0 Å². The molecule has 2 rings (SSSR count). The summed E-state index contributed by atoms with van der Waals surface area (Å²) in [7, 11) is 0. The Hall–Kier alpha value is 0.270. The smallest absolute Gasteiger partial charge is 0.0244 e. The molecule has 3 heteroatoms. The van der Waals surface area contributed by atoms with Crippen LogP contribution >= 0.6 is 11.8 Å². The average molecular weight is 256 g/mol. The zero-order valence-electron chi connectivity index (χ0n) is 11.8. The predicted molar refractivity (Wildman–Crippen MR) is 77.8 cm³/mol. The Labute approximate surface area is 111 Å². The summed E-state index contributed by atoms with van der Waals surface area (Å²) in [4.78, 5) is 2.72. The summed E-state index contributed by atoms with van der Waals surface area (Å²) in [5.74, 6) is 2.04. The Balaban J connectivity index is 1.89. The van der Waals surface area contributed by atoms with Crippen LogP contribution in [-0.4, -0.2) is 47.1 Å². The van der Waals surface area contributed by atoms with Gasteiger partial charge in [0.2, 0.25) is 0 Å². The predicted octanol–water partition coefficient (Wildman–Crippen LogP) is 2.59. The van der Waals surface area contributed by atoms with E-state index in [1.165, 1.54) is 38.2 Å². The third kappa shape index (κ3) is 4.15. The summed E-state index contributed by atoms with van der Waals surface area (Å²) >= 11 is 2.13. The van der Waals surface area contributed by atoms with Gasteiger partial charge < -0.3 is 5.32 Å². The van der Waals surface area contributed by atoms with Crippen LogP contribution in [0, 0.1) is 5.92 Å². The van der Waals surface area contributed by atoms with Crippen molar-refractivity contribution in [3.63, 3.8) is 0 Å². The first-order valence-electron chi connectivity index (χ1n) is 7.09. The molecule has 1 atom stereocenters. The second kappa shape index (κ2) is 5.50. The third-order valence-electron chi connectivity index (χ3n) is 3.89. The Morgan fingerprint density at radius 1 is 1.35 bits per heavy atom. The summed E-state index contributed by atoms with van der Waals surface area (Å²) in [6.07, 6.45) is 2.79. The van der Waals surface area contributed by atoms with Crippen LogP contribution in [0.2, 0.25) is 0 Å². The standard InChI is InChI=1S/C14H28N2S/c1-11(2)13(9-15-12-5-6-12)16-7-8-17-14(3,4)10-16/h11-13,15H,5-10H2,1-4H3. The second-order valence-corrected chi connectivity index (χ2v) is 8.37. The van der Waals surface area contributed by atoms with Crippen LogP contribution < -0.4 is 5.32 Å². The highest BCUT2D eigenvalue weighted by Gasteiger charge is 2.33. The van der Waals surface area contributed by atoms with Gasteiger partial charge in [0, 0.05) is 42.2 Å². The molecule has 2 aliphatic rings. The van der Waals surface area contributed by atoms with Gasteiger partial charge in [-0.3, -0.25) is 4.90 Å². The SMILES string of the molecule is CC(C)C(CNC1CC1)N1CCSC(C)(C)C1. The van der Waals surface area contributed by atoms with Crippen molar-refractivity contribution in [2.24, 2.45) is 5.92 Å². The number of thioether (sulfide) groups is 1. The van der Waals surface area contributed by atoms with Gasteiger partial charge in [0.15, 0.2) is 0 Å². The average Bonchev–Trinajstić information content (AvgIpc) is 2.99. The van der Waals surface area contributed by atoms with Crippen molar-refractivity contribution in [2.45, 2.75) is 57.4 Å². The molecule has 1 aliphatic heterocycles. The van der Waals surface area contributed by atoms with Gasteiger partial charge in [-0.15, -0.1) is 0 Å². The fourth-order valence-corrected chi connectivity index (χ4v) is 3.83. The van der Waals surface area contributed by atoms with Crippen molar-refractivity contribution in [2.75, 3.05) is 25.4 Å². The van der Waals surface area contributed by atoms with Crippen LogP contribution in [0.15, 0.2) is 0 Å². The molecule has 1 saturated heterocycles. The monoisotopic (exact) mass is 256 g/mol. The van der Waals surface area contributed by atoms with E-state index in [1.807, 2.05) is 0 Å². The van der Waals surface area contributed by atoms with E-state index in [1.54, 1.807) is 0 Å². The highest BCUT2D eigenvalue weighted by atomic mass is 32.2. The minimum atomic E-state index is 0.435. The van der Waals surface area contributed by atoms with E-state index >= 15 is 0 Å². The largest absolute Gasteiger partial charge is 0.312 e. The number of nitrogens with zero attached hydrogens (tertiary/aromatic N) is 1. The molecule has 0 aromatic carbocycles. The Morgan fingerprint density at radius 3 is 2.59 bits per heavy atom. The maximum atomic E-state index is 3.71. The molecule has 2 fully saturated rings. The number of hydrogen-bond donors (Lipinski definition) is 1. The van der Waals surface area contributed by atoms with Crippen LogP contribution in [0.1, 0.15) is 40.5 Å². The highest BCUT2D eigenvalue weighted by molar-refractivity contribution is 8.00. The molecule has 1 aliphatic carbocycles. The van der Waals surface area contributed by atoms with E-state index in [2.05, 4.69) is 49.7 Å². The van der Waals surface area contributed by atoms with Crippen molar-refractivity contribution < 1.29 is 0 Å². The van der Waals surface area contributed by atoms with Crippen LogP contribution in [0.25, 0.3) is 0 Å². The normalized spacial score (nSPS) is 27.4. The highest BCUT2D eigenvalue weighted by Crippen LogP contribution is 2.31. The van der Waals surface area contributed by atoms with Crippen molar-refractivity contribution in [3.05, 3.63) is 0 Å². The van der Waals surface area contributed by atoms with Gasteiger partial charge in [-0.2, -0.15) is 11.8 Å². The molecule has 1 N–H and O–H groups in total. The lowest BCUT2D eigenvalue weighted by Crippen LogP contribution is -2.53. The summed E-state index contributed by atoms with van der Waals surface area (Å²) < 4.78 is 0.435. The molecule has 0 aromatic heterocycles. The van der Waals surface area contributed by atoms with Crippen LogP contribution in [0.3, 0.4) is 0 Å². The molecule has 0 radical (unpaired) electrons. The number of nitrogens with one attached hydrogen (secondary N) is 1. The summed E-state index contributed by atoms with van der Waals surface area (Å²) in [6.45, 7) is 13.2. The molecule has 0 spiro atoms. The van der Waals surface area contributed by atoms with Crippen LogP contribution in [-0.2, 0) is 0 Å². The van der Waals surface area contributed by atoms with Crippen LogP contribution in [0.5, 0.6) is 0 Å². The molecule has 1 saturated carbocycles. The lowest BCUT2D eigenvalue weighted by atomic mass is 10.0. The van der Waals surface area contributed by atoms with E-state index in [-0.39, 0.29) is 0 Å². The number of hydrogen-bond acceptors (Lipinski definition) is 3. The van der Waals surface area contributed by atoms with Gasteiger partial charge in [-0.25, -0.2) is 0 Å². The van der Waals surface area contributed by atoms with Crippen LogP contribution in [0.4, 0.5) is 0 Å². The third-order valence-corrected chi connectivity index (χ3v) is 5.18. The molecule has 0 aromatic rings. The summed E-state index contributed by atoms with van der Waals surface area (Å²) in [5, 5.41) is 3.71. The van der Waals surface area contributed by atoms with E-state index in [0.717, 1.165) is 18.0 Å². The zero-order valence-corrected chi connectivity index (χ0v) is 12.6. The Morgan fingerprint density at radius 2 is 2.06 bits per heavy atom. The summed E-state index contributed by atoms with van der Waals surface area (Å²) in [6, 6.07) is 1.55.